The van der Waals surface area contributed by atoms with E-state index in [2.05, 4.69) is 94.4 Å². The first-order valence-corrected chi connectivity index (χ1v) is 11.5. The Bertz CT molecular complexity index is 1470. The van der Waals surface area contributed by atoms with Crippen molar-refractivity contribution in [2.24, 2.45) is 5.92 Å². The van der Waals surface area contributed by atoms with E-state index in [1.54, 1.807) is 14.2 Å². The van der Waals surface area contributed by atoms with Gasteiger partial charge in [0.15, 0.2) is 0 Å². The molecule has 0 aromatic heterocycles. The van der Waals surface area contributed by atoms with E-state index in [1.165, 1.54) is 38.6 Å². The second-order valence-corrected chi connectivity index (χ2v) is 8.99. The predicted octanol–water partition coefficient (Wildman–Crippen LogP) is 8.44. The number of benzene rings is 4. The van der Waals surface area contributed by atoms with Crippen LogP contribution in [0.4, 0.5) is 0 Å². The lowest BCUT2D eigenvalue weighted by Gasteiger charge is -2.23. The van der Waals surface area contributed by atoms with E-state index in [-0.39, 0.29) is 0 Å². The van der Waals surface area contributed by atoms with Gasteiger partial charge < -0.3 is 9.47 Å². The van der Waals surface area contributed by atoms with Crippen LogP contribution in [-0.2, 0) is 0 Å². The molecular formula is C31H30O2. The second kappa shape index (κ2) is 8.12. The van der Waals surface area contributed by atoms with Crippen LogP contribution < -0.4 is 9.47 Å². The summed E-state index contributed by atoms with van der Waals surface area (Å²) < 4.78 is 12.2. The predicted molar refractivity (Wildman–Crippen MR) is 140 cm³/mol. The Kier molecular flexibility index (Phi) is 5.25. The first-order valence-electron chi connectivity index (χ1n) is 11.5. The molecule has 0 fully saturated rings. The van der Waals surface area contributed by atoms with Crippen molar-refractivity contribution in [2.45, 2.75) is 27.7 Å². The fourth-order valence-corrected chi connectivity index (χ4v) is 5.47. The molecule has 0 saturated heterocycles. The average molecular weight is 435 g/mol. The zero-order chi connectivity index (χ0) is 23.3. The molecular weight excluding hydrogens is 404 g/mol. The van der Waals surface area contributed by atoms with Crippen LogP contribution in [0, 0.1) is 5.92 Å². The van der Waals surface area contributed by atoms with Gasteiger partial charge in [-0.25, -0.2) is 0 Å². The summed E-state index contributed by atoms with van der Waals surface area (Å²) in [5.41, 5.74) is 8.86. The van der Waals surface area contributed by atoms with Crippen molar-refractivity contribution in [3.63, 3.8) is 0 Å². The van der Waals surface area contributed by atoms with E-state index < -0.39 is 0 Å². The molecule has 1 atom stereocenters. The van der Waals surface area contributed by atoms with Gasteiger partial charge in [-0.2, -0.15) is 0 Å². The van der Waals surface area contributed by atoms with E-state index in [4.69, 9.17) is 9.47 Å². The Morgan fingerprint density at radius 2 is 1.30 bits per heavy atom. The van der Waals surface area contributed by atoms with Crippen LogP contribution in [0.5, 0.6) is 11.5 Å². The summed E-state index contributed by atoms with van der Waals surface area (Å²) in [4.78, 5) is 0. The van der Waals surface area contributed by atoms with Crippen LogP contribution >= 0.6 is 0 Å². The molecule has 5 rings (SSSR count). The third-order valence-corrected chi connectivity index (χ3v) is 7.50. The van der Waals surface area contributed by atoms with Crippen LogP contribution in [0.2, 0.25) is 0 Å². The van der Waals surface area contributed by atoms with Crippen molar-refractivity contribution in [3.05, 3.63) is 89.0 Å². The van der Waals surface area contributed by atoms with Gasteiger partial charge in [0.25, 0.3) is 0 Å². The Balaban J connectivity index is 1.96. The van der Waals surface area contributed by atoms with Crippen LogP contribution in [0.3, 0.4) is 0 Å². The summed E-state index contributed by atoms with van der Waals surface area (Å²) in [5.74, 6) is 2.11. The van der Waals surface area contributed by atoms with Gasteiger partial charge in [0.2, 0.25) is 0 Å². The summed E-state index contributed by atoms with van der Waals surface area (Å²) in [6.45, 7) is 9.02. The normalized spacial score (nSPS) is 16.2. The first kappa shape index (κ1) is 21.3. The third-order valence-electron chi connectivity index (χ3n) is 7.50. The minimum atomic E-state index is 0.349. The van der Waals surface area contributed by atoms with Crippen LogP contribution in [0.25, 0.3) is 38.2 Å². The van der Waals surface area contributed by atoms with E-state index in [0.717, 1.165) is 33.4 Å². The van der Waals surface area contributed by atoms with Crippen molar-refractivity contribution < 1.29 is 9.47 Å². The lowest BCUT2D eigenvalue weighted by atomic mass is 9.85. The summed E-state index contributed by atoms with van der Waals surface area (Å²) >= 11 is 0. The molecule has 4 aromatic rings. The number of hydrogen-bond acceptors (Lipinski definition) is 2. The number of hydrogen-bond donors (Lipinski definition) is 0. The highest BCUT2D eigenvalue weighted by molar-refractivity contribution is 6.11. The number of allylic oxidation sites excluding steroid dienone is 4. The molecule has 0 aliphatic heterocycles. The maximum absolute atomic E-state index is 6.26. The van der Waals surface area contributed by atoms with Crippen molar-refractivity contribution in [3.8, 4) is 22.6 Å². The quantitative estimate of drug-likeness (QED) is 0.321. The van der Waals surface area contributed by atoms with Gasteiger partial charge in [0, 0.05) is 22.6 Å². The van der Waals surface area contributed by atoms with Gasteiger partial charge >= 0.3 is 0 Å². The van der Waals surface area contributed by atoms with Crippen molar-refractivity contribution in [1.29, 1.82) is 0 Å². The van der Waals surface area contributed by atoms with Gasteiger partial charge in [-0.15, -0.1) is 0 Å². The third kappa shape index (κ3) is 3.16. The molecule has 0 heterocycles. The molecule has 0 radical (unpaired) electrons. The second-order valence-electron chi connectivity index (χ2n) is 8.99. The summed E-state index contributed by atoms with van der Waals surface area (Å²) in [6, 6.07) is 23.6. The molecule has 4 aromatic carbocycles. The van der Waals surface area contributed by atoms with Gasteiger partial charge in [0.05, 0.1) is 14.2 Å². The summed E-state index contributed by atoms with van der Waals surface area (Å²) in [6.07, 6.45) is 0. The minimum absolute atomic E-state index is 0.349. The fourth-order valence-electron chi connectivity index (χ4n) is 5.47. The number of fused-ring (bicyclic) bond motifs is 2. The zero-order valence-corrected chi connectivity index (χ0v) is 20.2. The number of methoxy groups -OCH3 is 2. The van der Waals surface area contributed by atoms with E-state index in [1.807, 2.05) is 0 Å². The largest absolute Gasteiger partial charge is 0.496 e. The van der Waals surface area contributed by atoms with E-state index in [9.17, 15) is 0 Å². The monoisotopic (exact) mass is 434 g/mol. The molecule has 0 spiro atoms. The standard InChI is InChI=1S/C31H30O2/c1-18-19(2)21(4)28(20(18)3)26-17-23-12-8-10-14-25(23)30(31(26)33-6)29-24-13-9-7-11-22(24)15-16-27(29)32-5/h7-17,20H,1-6H3. The molecule has 1 aliphatic carbocycles. The lowest BCUT2D eigenvalue weighted by molar-refractivity contribution is 0.410. The maximum Gasteiger partial charge on any atom is 0.135 e. The Morgan fingerprint density at radius 1 is 0.667 bits per heavy atom. The Hall–Kier alpha value is -3.52. The molecule has 1 unspecified atom stereocenters. The van der Waals surface area contributed by atoms with Gasteiger partial charge in [-0.05, 0) is 71.2 Å². The molecule has 0 amide bonds. The molecule has 166 valence electrons. The Labute approximate surface area is 196 Å². The Morgan fingerprint density at radius 3 is 1.91 bits per heavy atom. The summed E-state index contributed by atoms with van der Waals surface area (Å²) in [7, 11) is 3.53. The van der Waals surface area contributed by atoms with Crippen LogP contribution in [0.1, 0.15) is 33.3 Å². The number of ether oxygens (including phenoxy) is 2. The molecule has 2 nitrogen and oxygen atoms in total. The highest BCUT2D eigenvalue weighted by atomic mass is 16.5. The topological polar surface area (TPSA) is 18.5 Å². The smallest absolute Gasteiger partial charge is 0.135 e. The van der Waals surface area contributed by atoms with Crippen LogP contribution in [-0.4, -0.2) is 14.2 Å². The van der Waals surface area contributed by atoms with Gasteiger partial charge in [-0.3, -0.25) is 0 Å². The molecule has 0 N–H and O–H groups in total. The van der Waals surface area contributed by atoms with E-state index >= 15 is 0 Å². The highest BCUT2D eigenvalue weighted by Crippen LogP contribution is 2.52. The molecule has 0 saturated carbocycles. The maximum atomic E-state index is 6.26. The summed E-state index contributed by atoms with van der Waals surface area (Å²) in [5, 5.41) is 4.71. The average Bonchev–Trinajstić information content (AvgIpc) is 3.04. The van der Waals surface area contributed by atoms with Crippen molar-refractivity contribution >= 4 is 27.1 Å². The van der Waals surface area contributed by atoms with Crippen molar-refractivity contribution in [2.75, 3.05) is 14.2 Å². The van der Waals surface area contributed by atoms with Gasteiger partial charge in [0.1, 0.15) is 11.5 Å². The fraction of sp³-hybridized carbons (Fsp3) is 0.226. The number of rotatable bonds is 4. The molecule has 0 bridgehead atoms. The minimum Gasteiger partial charge on any atom is -0.496 e. The molecule has 33 heavy (non-hydrogen) atoms. The van der Waals surface area contributed by atoms with E-state index in [0.29, 0.717) is 5.92 Å². The molecule has 2 heteroatoms. The van der Waals surface area contributed by atoms with Crippen LogP contribution in [0.15, 0.2) is 83.4 Å². The first-order chi connectivity index (χ1) is 16.0. The zero-order valence-electron chi connectivity index (χ0n) is 20.2. The van der Waals surface area contributed by atoms with Gasteiger partial charge in [-0.1, -0.05) is 67.1 Å². The lowest BCUT2D eigenvalue weighted by Crippen LogP contribution is -2.03. The molecule has 1 aliphatic rings. The highest BCUT2D eigenvalue weighted by Gasteiger charge is 2.29. The SMILES string of the molecule is COc1ccc2ccccc2c1-c1c(OC)c(C2=C(C)C(C)=C(C)C2C)cc2ccccc12. The van der Waals surface area contributed by atoms with Crippen molar-refractivity contribution in [1.82, 2.24) is 0 Å².